The van der Waals surface area contributed by atoms with Gasteiger partial charge in [0.2, 0.25) is 0 Å². The van der Waals surface area contributed by atoms with Gasteiger partial charge in [-0.2, -0.15) is 5.10 Å². The highest BCUT2D eigenvalue weighted by Gasteiger charge is 2.13. The van der Waals surface area contributed by atoms with Crippen LogP contribution in [0.4, 0.5) is 0 Å². The number of halogens is 1. The zero-order chi connectivity index (χ0) is 22.2. The Hall–Kier alpha value is -3.65. The van der Waals surface area contributed by atoms with Gasteiger partial charge in [-0.3, -0.25) is 4.79 Å². The Morgan fingerprint density at radius 2 is 1.68 bits per heavy atom. The number of methoxy groups -OCH3 is 2. The summed E-state index contributed by atoms with van der Waals surface area (Å²) in [6.45, 7) is 0. The van der Waals surface area contributed by atoms with Crippen LogP contribution in [0.15, 0.2) is 76.3 Å². The van der Waals surface area contributed by atoms with Gasteiger partial charge in [-0.25, -0.2) is 10.2 Å². The molecule has 0 fully saturated rings. The van der Waals surface area contributed by atoms with E-state index in [-0.39, 0.29) is 11.7 Å². The topological polar surface area (TPSA) is 86.2 Å². The van der Waals surface area contributed by atoms with Crippen LogP contribution in [-0.2, 0) is 0 Å². The van der Waals surface area contributed by atoms with Crippen molar-refractivity contribution < 1.29 is 23.8 Å². The summed E-state index contributed by atoms with van der Waals surface area (Å²) >= 11 is 3.33. The zero-order valence-corrected chi connectivity index (χ0v) is 18.4. The van der Waals surface area contributed by atoms with Gasteiger partial charge in [0.25, 0.3) is 5.91 Å². The lowest BCUT2D eigenvalue weighted by molar-refractivity contribution is 0.0729. The van der Waals surface area contributed by atoms with Crippen molar-refractivity contribution in [3.8, 4) is 17.2 Å². The van der Waals surface area contributed by atoms with E-state index in [1.807, 2.05) is 6.07 Å². The number of ether oxygens (including phenoxy) is 3. The second-order valence-electron chi connectivity index (χ2n) is 6.24. The van der Waals surface area contributed by atoms with Crippen LogP contribution in [0.1, 0.15) is 26.3 Å². The molecule has 8 heteroatoms. The summed E-state index contributed by atoms with van der Waals surface area (Å²) in [5.41, 5.74) is 3.96. The molecule has 1 N–H and O–H groups in total. The summed E-state index contributed by atoms with van der Waals surface area (Å²) in [6.07, 6.45) is 1.46. The molecule has 3 rings (SSSR count). The minimum Gasteiger partial charge on any atom is -0.497 e. The van der Waals surface area contributed by atoms with E-state index in [9.17, 15) is 9.59 Å². The largest absolute Gasteiger partial charge is 0.497 e. The molecule has 0 saturated carbocycles. The predicted molar refractivity (Wildman–Crippen MR) is 120 cm³/mol. The van der Waals surface area contributed by atoms with E-state index >= 15 is 0 Å². The molecule has 0 bridgehead atoms. The molecule has 0 aliphatic rings. The number of hydrazone groups is 1. The number of nitrogens with zero attached hydrogens (tertiary/aromatic N) is 1. The van der Waals surface area contributed by atoms with Gasteiger partial charge in [-0.05, 0) is 66.2 Å². The number of carbonyl (C=O) groups excluding carboxylic acids is 2. The first-order valence-electron chi connectivity index (χ1n) is 9.13. The minimum atomic E-state index is -0.507. The number of hydrogen-bond donors (Lipinski definition) is 1. The van der Waals surface area contributed by atoms with Crippen molar-refractivity contribution in [1.29, 1.82) is 0 Å². The Bertz CT molecular complexity index is 1110. The number of hydrogen-bond acceptors (Lipinski definition) is 6. The maximum atomic E-state index is 12.4. The van der Waals surface area contributed by atoms with E-state index in [0.29, 0.717) is 28.2 Å². The highest BCUT2D eigenvalue weighted by Crippen LogP contribution is 2.28. The van der Waals surface area contributed by atoms with E-state index in [0.717, 1.165) is 4.47 Å². The molecule has 0 aliphatic heterocycles. The van der Waals surface area contributed by atoms with Crippen molar-refractivity contribution in [1.82, 2.24) is 5.43 Å². The molecule has 0 heterocycles. The van der Waals surface area contributed by atoms with Crippen LogP contribution in [0.5, 0.6) is 17.2 Å². The predicted octanol–water partition coefficient (Wildman–Crippen LogP) is 4.45. The van der Waals surface area contributed by atoms with E-state index in [1.165, 1.54) is 13.3 Å². The van der Waals surface area contributed by atoms with Gasteiger partial charge in [-0.1, -0.05) is 22.0 Å². The van der Waals surface area contributed by atoms with Gasteiger partial charge in [0.1, 0.15) is 5.75 Å². The molecule has 3 aromatic carbocycles. The van der Waals surface area contributed by atoms with Gasteiger partial charge >= 0.3 is 5.97 Å². The number of nitrogens with one attached hydrogen (secondary N) is 1. The minimum absolute atomic E-state index is 0.270. The Balaban J connectivity index is 1.66. The zero-order valence-electron chi connectivity index (χ0n) is 16.8. The van der Waals surface area contributed by atoms with Crippen molar-refractivity contribution in [2.24, 2.45) is 5.10 Å². The smallest absolute Gasteiger partial charge is 0.343 e. The highest BCUT2D eigenvalue weighted by molar-refractivity contribution is 9.10. The molecule has 0 saturated heterocycles. The third-order valence-corrected chi connectivity index (χ3v) is 4.68. The maximum absolute atomic E-state index is 12.4. The number of amides is 1. The normalized spacial score (nSPS) is 10.5. The van der Waals surface area contributed by atoms with Crippen LogP contribution < -0.4 is 19.6 Å². The molecule has 1 amide bonds. The van der Waals surface area contributed by atoms with Crippen LogP contribution in [0.3, 0.4) is 0 Å². The van der Waals surface area contributed by atoms with Gasteiger partial charge in [-0.15, -0.1) is 0 Å². The molecule has 3 aromatic rings. The van der Waals surface area contributed by atoms with Crippen molar-refractivity contribution in [3.05, 3.63) is 87.9 Å². The molecule has 0 radical (unpaired) electrons. The monoisotopic (exact) mass is 482 g/mol. The first kappa shape index (κ1) is 22.0. The Morgan fingerprint density at radius 1 is 0.903 bits per heavy atom. The molecule has 31 heavy (non-hydrogen) atoms. The Morgan fingerprint density at radius 3 is 2.35 bits per heavy atom. The summed E-state index contributed by atoms with van der Waals surface area (Å²) in [6, 6.07) is 18.5. The van der Waals surface area contributed by atoms with E-state index in [2.05, 4.69) is 26.5 Å². The second kappa shape index (κ2) is 10.4. The molecule has 0 atom stereocenters. The van der Waals surface area contributed by atoms with Crippen LogP contribution in [0.25, 0.3) is 0 Å². The molecule has 0 aromatic heterocycles. The van der Waals surface area contributed by atoms with Crippen LogP contribution in [0, 0.1) is 0 Å². The fourth-order valence-corrected chi connectivity index (χ4v) is 2.99. The second-order valence-corrected chi connectivity index (χ2v) is 7.15. The lowest BCUT2D eigenvalue weighted by atomic mass is 10.2. The van der Waals surface area contributed by atoms with Crippen molar-refractivity contribution in [3.63, 3.8) is 0 Å². The highest BCUT2D eigenvalue weighted by atomic mass is 79.9. The summed E-state index contributed by atoms with van der Waals surface area (Å²) in [5.74, 6) is 0.423. The molecular weight excluding hydrogens is 464 g/mol. The number of rotatable bonds is 7. The molecule has 0 unspecified atom stereocenters. The molecule has 0 aliphatic carbocycles. The third-order valence-electron chi connectivity index (χ3n) is 4.18. The van der Waals surface area contributed by atoms with E-state index < -0.39 is 5.97 Å². The van der Waals surface area contributed by atoms with Crippen LogP contribution in [0.2, 0.25) is 0 Å². The lowest BCUT2D eigenvalue weighted by Crippen LogP contribution is -2.17. The standard InChI is InChI=1S/C23H19BrN2O5/c1-29-19-9-7-16(8-10-19)22(27)26-25-14-15-6-11-20(21(12-15)30-2)31-23(28)17-4-3-5-18(24)13-17/h3-14H,1-2H3,(H,26,27)/b25-14+. The fraction of sp³-hybridized carbons (Fsp3) is 0.0870. The van der Waals surface area contributed by atoms with Gasteiger partial charge in [0, 0.05) is 10.0 Å². The Labute approximate surface area is 187 Å². The molecule has 0 spiro atoms. The third kappa shape index (κ3) is 5.93. The van der Waals surface area contributed by atoms with Gasteiger partial charge in [0.15, 0.2) is 11.5 Å². The maximum Gasteiger partial charge on any atom is 0.343 e. The van der Waals surface area contributed by atoms with Crippen LogP contribution in [-0.4, -0.2) is 32.3 Å². The van der Waals surface area contributed by atoms with Crippen LogP contribution >= 0.6 is 15.9 Å². The lowest BCUT2D eigenvalue weighted by Gasteiger charge is -2.10. The molecule has 158 valence electrons. The van der Waals surface area contributed by atoms with E-state index in [4.69, 9.17) is 14.2 Å². The average molecular weight is 483 g/mol. The number of carbonyl (C=O) groups is 2. The number of esters is 1. The Kier molecular flexibility index (Phi) is 7.40. The summed E-state index contributed by atoms with van der Waals surface area (Å²) in [4.78, 5) is 24.5. The fourth-order valence-electron chi connectivity index (χ4n) is 2.60. The van der Waals surface area contributed by atoms with Crippen molar-refractivity contribution in [2.45, 2.75) is 0 Å². The SMILES string of the molecule is COc1ccc(C(=O)N/N=C/c2ccc(OC(=O)c3cccc(Br)c3)c(OC)c2)cc1. The van der Waals surface area contributed by atoms with Crippen molar-refractivity contribution in [2.75, 3.05) is 14.2 Å². The molecular formula is C23H19BrN2O5. The first-order chi connectivity index (χ1) is 15.0. The van der Waals surface area contributed by atoms with Crippen molar-refractivity contribution >= 4 is 34.0 Å². The quantitative estimate of drug-likeness (QED) is 0.232. The first-order valence-corrected chi connectivity index (χ1v) is 9.92. The number of benzene rings is 3. The van der Waals surface area contributed by atoms with E-state index in [1.54, 1.807) is 67.8 Å². The molecule has 7 nitrogen and oxygen atoms in total. The van der Waals surface area contributed by atoms with Gasteiger partial charge in [0.05, 0.1) is 26.0 Å². The average Bonchev–Trinajstić information content (AvgIpc) is 2.79. The van der Waals surface area contributed by atoms with Gasteiger partial charge < -0.3 is 14.2 Å². The summed E-state index contributed by atoms with van der Waals surface area (Å²) < 4.78 is 16.6. The summed E-state index contributed by atoms with van der Waals surface area (Å²) in [5, 5.41) is 3.96. The summed E-state index contributed by atoms with van der Waals surface area (Å²) in [7, 11) is 3.03.